The molecule has 1 aliphatic rings. The van der Waals surface area contributed by atoms with Crippen molar-refractivity contribution in [3.8, 4) is 11.5 Å². The van der Waals surface area contributed by atoms with Crippen LogP contribution in [0, 0.1) is 0 Å². The molecular weight excluding hydrogens is 308 g/mol. The maximum Gasteiger partial charge on any atom is 0.437 e. The number of rotatable bonds is 3. The van der Waals surface area contributed by atoms with Crippen LogP contribution in [0.15, 0.2) is 45.7 Å². The second-order valence-corrected chi connectivity index (χ2v) is 5.79. The third-order valence-electron chi connectivity index (χ3n) is 4.23. The fraction of sp³-hybridized carbons (Fsp3) is 0.294. The van der Waals surface area contributed by atoms with Gasteiger partial charge in [-0.1, -0.05) is 12.1 Å². The average molecular weight is 324 g/mol. The van der Waals surface area contributed by atoms with Gasteiger partial charge in [0.2, 0.25) is 11.8 Å². The Morgan fingerprint density at radius 1 is 1.17 bits per heavy atom. The molecule has 0 atom stereocenters. The summed E-state index contributed by atoms with van der Waals surface area (Å²) in [6, 6.07) is 9.25. The third-order valence-corrected chi connectivity index (χ3v) is 4.23. The van der Waals surface area contributed by atoms with Crippen molar-refractivity contribution in [2.75, 3.05) is 13.1 Å². The van der Waals surface area contributed by atoms with E-state index in [0.717, 1.165) is 41.5 Å². The van der Waals surface area contributed by atoms with Crippen LogP contribution in [0.5, 0.6) is 0 Å². The summed E-state index contributed by atoms with van der Waals surface area (Å²) in [7, 11) is 0. The minimum absolute atomic E-state index is 0.0919. The van der Waals surface area contributed by atoms with E-state index in [9.17, 15) is 9.59 Å². The van der Waals surface area contributed by atoms with Gasteiger partial charge < -0.3 is 9.32 Å². The van der Waals surface area contributed by atoms with E-state index in [1.165, 1.54) is 0 Å². The largest absolute Gasteiger partial charge is 0.437 e. The third kappa shape index (κ3) is 2.58. The van der Waals surface area contributed by atoms with Crippen LogP contribution in [0.25, 0.3) is 22.4 Å². The number of hydrogen-bond acceptors (Lipinski definition) is 5. The molecule has 0 bridgehead atoms. The molecule has 0 radical (unpaired) electrons. The van der Waals surface area contributed by atoms with E-state index in [-0.39, 0.29) is 18.3 Å². The Hall–Kier alpha value is -2.96. The van der Waals surface area contributed by atoms with Crippen molar-refractivity contribution in [2.24, 2.45) is 0 Å². The Labute approximate surface area is 137 Å². The maximum atomic E-state index is 12.2. The summed E-state index contributed by atoms with van der Waals surface area (Å²) in [5.74, 6) is -0.528. The van der Waals surface area contributed by atoms with Crippen molar-refractivity contribution in [1.29, 1.82) is 0 Å². The maximum absolute atomic E-state index is 12.2. The van der Waals surface area contributed by atoms with E-state index in [2.05, 4.69) is 10.1 Å². The number of fused-ring (bicyclic) bond motifs is 1. The predicted molar refractivity (Wildman–Crippen MR) is 87.3 cm³/mol. The lowest BCUT2D eigenvalue weighted by Gasteiger charge is -2.13. The highest BCUT2D eigenvalue weighted by atomic mass is 16.4. The van der Waals surface area contributed by atoms with Crippen LogP contribution in [0.1, 0.15) is 12.8 Å². The number of likely N-dealkylation sites (tertiary alicyclic amines) is 1. The van der Waals surface area contributed by atoms with Crippen molar-refractivity contribution in [1.82, 2.24) is 19.7 Å². The van der Waals surface area contributed by atoms with Crippen LogP contribution < -0.4 is 5.76 Å². The number of benzene rings is 1. The second kappa shape index (κ2) is 5.92. The standard InChI is InChI=1S/C17H16N4O3/c22-15(20-9-1-2-10-20)11-21-17(23)24-16(19-21)13-5-3-7-14-12(13)6-4-8-18-14/h3-8H,1-2,9-11H2. The first-order valence-corrected chi connectivity index (χ1v) is 7.92. The normalized spacial score (nSPS) is 14.4. The van der Waals surface area contributed by atoms with E-state index in [4.69, 9.17) is 4.42 Å². The van der Waals surface area contributed by atoms with Crippen LogP contribution in [0.3, 0.4) is 0 Å². The molecule has 0 saturated carbocycles. The Kier molecular flexibility index (Phi) is 3.60. The van der Waals surface area contributed by atoms with E-state index < -0.39 is 5.76 Å². The summed E-state index contributed by atoms with van der Waals surface area (Å²) in [5, 5.41) is 5.05. The molecule has 24 heavy (non-hydrogen) atoms. The number of hydrogen-bond donors (Lipinski definition) is 0. The van der Waals surface area contributed by atoms with Crippen LogP contribution in [-0.4, -0.2) is 38.7 Å². The number of nitrogens with zero attached hydrogens (tertiary/aromatic N) is 4. The van der Waals surface area contributed by atoms with Gasteiger partial charge in [0, 0.05) is 30.2 Å². The van der Waals surface area contributed by atoms with Crippen molar-refractivity contribution >= 4 is 16.8 Å². The van der Waals surface area contributed by atoms with Gasteiger partial charge >= 0.3 is 5.76 Å². The van der Waals surface area contributed by atoms with Crippen LogP contribution >= 0.6 is 0 Å². The molecule has 4 rings (SSSR count). The smallest absolute Gasteiger partial charge is 0.388 e. The molecule has 2 aromatic heterocycles. The SMILES string of the molecule is O=C(Cn1nc(-c2cccc3ncccc23)oc1=O)N1CCCC1. The summed E-state index contributed by atoms with van der Waals surface area (Å²) < 4.78 is 6.36. The highest BCUT2D eigenvalue weighted by Crippen LogP contribution is 2.25. The van der Waals surface area contributed by atoms with Gasteiger partial charge in [-0.3, -0.25) is 9.78 Å². The van der Waals surface area contributed by atoms with Crippen LogP contribution in [0.2, 0.25) is 0 Å². The fourth-order valence-electron chi connectivity index (χ4n) is 3.00. The van der Waals surface area contributed by atoms with Gasteiger partial charge in [0.15, 0.2) is 0 Å². The highest BCUT2D eigenvalue weighted by Gasteiger charge is 2.21. The lowest BCUT2D eigenvalue weighted by atomic mass is 10.1. The zero-order valence-corrected chi connectivity index (χ0v) is 13.0. The van der Waals surface area contributed by atoms with Gasteiger partial charge in [-0.2, -0.15) is 4.68 Å². The molecule has 1 fully saturated rings. The quantitative estimate of drug-likeness (QED) is 0.732. The van der Waals surface area contributed by atoms with Crippen molar-refractivity contribution in [3.05, 3.63) is 47.1 Å². The fourth-order valence-corrected chi connectivity index (χ4v) is 3.00. The molecule has 7 nitrogen and oxygen atoms in total. The van der Waals surface area contributed by atoms with E-state index in [1.807, 2.05) is 30.3 Å². The van der Waals surface area contributed by atoms with E-state index in [1.54, 1.807) is 11.1 Å². The Bertz CT molecular complexity index is 948. The second-order valence-electron chi connectivity index (χ2n) is 5.79. The number of amides is 1. The molecule has 3 aromatic rings. The van der Waals surface area contributed by atoms with Gasteiger partial charge in [-0.25, -0.2) is 4.79 Å². The number of carbonyl (C=O) groups is 1. The Balaban J connectivity index is 1.68. The van der Waals surface area contributed by atoms with Crippen molar-refractivity contribution < 1.29 is 9.21 Å². The van der Waals surface area contributed by atoms with E-state index in [0.29, 0.717) is 5.56 Å². The Morgan fingerprint density at radius 3 is 2.83 bits per heavy atom. The van der Waals surface area contributed by atoms with Gasteiger partial charge in [0.1, 0.15) is 6.54 Å². The summed E-state index contributed by atoms with van der Waals surface area (Å²) in [5.41, 5.74) is 1.48. The van der Waals surface area contributed by atoms with Crippen molar-refractivity contribution in [2.45, 2.75) is 19.4 Å². The number of pyridine rings is 1. The molecule has 0 aliphatic carbocycles. The first-order valence-electron chi connectivity index (χ1n) is 7.92. The van der Waals surface area contributed by atoms with Crippen LogP contribution in [0.4, 0.5) is 0 Å². The van der Waals surface area contributed by atoms with Gasteiger partial charge in [-0.15, -0.1) is 5.10 Å². The molecular formula is C17H16N4O3. The summed E-state index contributed by atoms with van der Waals surface area (Å²) in [4.78, 5) is 30.3. The van der Waals surface area contributed by atoms with Gasteiger partial charge in [0.05, 0.1) is 5.52 Å². The summed E-state index contributed by atoms with van der Waals surface area (Å²) >= 11 is 0. The minimum atomic E-state index is -0.626. The molecule has 1 saturated heterocycles. The van der Waals surface area contributed by atoms with E-state index >= 15 is 0 Å². The highest BCUT2D eigenvalue weighted by molar-refractivity contribution is 5.92. The first-order chi connectivity index (χ1) is 11.7. The summed E-state index contributed by atoms with van der Waals surface area (Å²) in [6.45, 7) is 1.39. The molecule has 1 aliphatic heterocycles. The molecule has 0 spiro atoms. The molecule has 122 valence electrons. The van der Waals surface area contributed by atoms with Crippen molar-refractivity contribution in [3.63, 3.8) is 0 Å². The average Bonchev–Trinajstić information content (AvgIpc) is 3.25. The predicted octanol–water partition coefficient (Wildman–Crippen LogP) is 1.67. The van der Waals surface area contributed by atoms with Gasteiger partial charge in [0.25, 0.3) is 0 Å². The molecule has 0 unspecified atom stereocenters. The lowest BCUT2D eigenvalue weighted by molar-refractivity contribution is -0.131. The zero-order valence-electron chi connectivity index (χ0n) is 13.0. The molecule has 3 heterocycles. The van der Waals surface area contributed by atoms with Crippen LogP contribution in [-0.2, 0) is 11.3 Å². The monoisotopic (exact) mass is 324 g/mol. The first kappa shape index (κ1) is 14.6. The number of carbonyl (C=O) groups excluding carboxylic acids is 1. The topological polar surface area (TPSA) is 81.2 Å². The molecule has 1 amide bonds. The Morgan fingerprint density at radius 2 is 2.00 bits per heavy atom. The zero-order chi connectivity index (χ0) is 16.5. The summed E-state index contributed by atoms with van der Waals surface area (Å²) in [6.07, 6.45) is 3.72. The lowest BCUT2D eigenvalue weighted by Crippen LogP contribution is -2.34. The molecule has 0 N–H and O–H groups in total. The molecule has 1 aromatic carbocycles. The molecule has 7 heteroatoms. The van der Waals surface area contributed by atoms with Gasteiger partial charge in [-0.05, 0) is 31.0 Å². The number of aromatic nitrogens is 3. The minimum Gasteiger partial charge on any atom is -0.388 e.